The number of likely N-dealkylation sites (tertiary alicyclic amines) is 1. The molecule has 1 aliphatic rings. The maximum atomic E-state index is 12.5. The predicted octanol–water partition coefficient (Wildman–Crippen LogP) is 5.06. The summed E-state index contributed by atoms with van der Waals surface area (Å²) in [6.07, 6.45) is 5.86. The number of thiophene rings is 1. The van der Waals surface area contributed by atoms with Crippen LogP contribution in [0.4, 0.5) is 0 Å². The highest BCUT2D eigenvalue weighted by Gasteiger charge is 2.24. The lowest BCUT2D eigenvalue weighted by Gasteiger charge is -2.26. The lowest BCUT2D eigenvalue weighted by Crippen LogP contribution is -2.35. The number of nitrogens with one attached hydrogen (secondary N) is 1. The zero-order valence-corrected chi connectivity index (χ0v) is 19.3. The number of hydrogen-bond donors (Lipinski definition) is 1. The van der Waals surface area contributed by atoms with Crippen molar-refractivity contribution in [1.29, 1.82) is 0 Å². The molecule has 1 aromatic carbocycles. The minimum Gasteiger partial charge on any atom is -0.487 e. The van der Waals surface area contributed by atoms with Crippen LogP contribution in [0.5, 0.6) is 5.75 Å². The summed E-state index contributed by atoms with van der Waals surface area (Å²) in [4.78, 5) is 20.7. The zero-order chi connectivity index (χ0) is 21.5. The van der Waals surface area contributed by atoms with Crippen molar-refractivity contribution in [2.45, 2.75) is 32.4 Å². The lowest BCUT2D eigenvalue weighted by molar-refractivity contribution is -0.116. The molecule has 5 nitrogen and oxygen atoms in total. The summed E-state index contributed by atoms with van der Waals surface area (Å²) in [7, 11) is 0. The molecule has 1 amide bonds. The van der Waals surface area contributed by atoms with Crippen molar-refractivity contribution in [3.63, 3.8) is 0 Å². The quantitative estimate of drug-likeness (QED) is 0.460. The van der Waals surface area contributed by atoms with Gasteiger partial charge in [-0.05, 0) is 56.4 Å². The monoisotopic (exact) mass is 453 g/mol. The molecule has 1 atom stereocenters. The molecule has 2 aromatic heterocycles. The van der Waals surface area contributed by atoms with E-state index in [9.17, 15) is 4.79 Å². The number of rotatable bonds is 9. The third-order valence-electron chi connectivity index (χ3n) is 5.30. The number of ether oxygens (including phenoxy) is 1. The van der Waals surface area contributed by atoms with Gasteiger partial charge in [0.1, 0.15) is 12.4 Å². The third kappa shape index (κ3) is 6.03. The molecule has 4 rings (SSSR count). The summed E-state index contributed by atoms with van der Waals surface area (Å²) < 4.78 is 5.94. The van der Waals surface area contributed by atoms with Gasteiger partial charge in [-0.3, -0.25) is 9.69 Å². The van der Waals surface area contributed by atoms with E-state index in [0.29, 0.717) is 13.2 Å². The highest BCUT2D eigenvalue weighted by molar-refractivity contribution is 7.10. The van der Waals surface area contributed by atoms with Crippen LogP contribution in [0.2, 0.25) is 0 Å². The van der Waals surface area contributed by atoms with Crippen LogP contribution in [0.3, 0.4) is 0 Å². The standard InChI is InChI=1S/C24H27N3O2S2/c1-18-26-20(17-31-18)16-29-22-8-3-2-7-19(22)10-11-24(28)25-15-21(23-9-6-14-30-23)27-12-4-5-13-27/h2-3,6-11,14,17,21H,4-5,12-13,15-16H2,1H3,(H,25,28)/b11-10+. The van der Waals surface area contributed by atoms with E-state index in [4.69, 9.17) is 4.74 Å². The molecule has 0 saturated carbocycles. The van der Waals surface area contributed by atoms with Crippen LogP contribution in [-0.2, 0) is 11.4 Å². The van der Waals surface area contributed by atoms with Crippen LogP contribution in [0.25, 0.3) is 6.08 Å². The van der Waals surface area contributed by atoms with E-state index in [1.807, 2.05) is 42.6 Å². The van der Waals surface area contributed by atoms with Crippen molar-refractivity contribution in [1.82, 2.24) is 15.2 Å². The van der Waals surface area contributed by atoms with Crippen LogP contribution in [0.15, 0.2) is 53.2 Å². The fourth-order valence-corrected chi connectivity index (χ4v) is 5.20. The van der Waals surface area contributed by atoms with Crippen LogP contribution < -0.4 is 10.1 Å². The number of carbonyl (C=O) groups excluding carboxylic acids is 1. The summed E-state index contributed by atoms with van der Waals surface area (Å²) in [5.41, 5.74) is 1.79. The van der Waals surface area contributed by atoms with Gasteiger partial charge >= 0.3 is 0 Å². The molecule has 31 heavy (non-hydrogen) atoms. The topological polar surface area (TPSA) is 54.5 Å². The van der Waals surface area contributed by atoms with Gasteiger partial charge in [0.2, 0.25) is 5.91 Å². The maximum absolute atomic E-state index is 12.5. The summed E-state index contributed by atoms with van der Waals surface area (Å²) in [5, 5.41) is 8.22. The summed E-state index contributed by atoms with van der Waals surface area (Å²) in [5.74, 6) is 0.649. The molecule has 3 aromatic rings. The first-order valence-electron chi connectivity index (χ1n) is 10.6. The second-order valence-corrected chi connectivity index (χ2v) is 9.58. The van der Waals surface area contributed by atoms with E-state index in [0.717, 1.165) is 35.1 Å². The first kappa shape index (κ1) is 21.7. The second-order valence-electron chi connectivity index (χ2n) is 7.54. The largest absolute Gasteiger partial charge is 0.487 e. The van der Waals surface area contributed by atoms with Gasteiger partial charge in [-0.2, -0.15) is 0 Å². The smallest absolute Gasteiger partial charge is 0.244 e. The van der Waals surface area contributed by atoms with Gasteiger partial charge in [-0.25, -0.2) is 4.98 Å². The summed E-state index contributed by atoms with van der Waals surface area (Å²) >= 11 is 3.37. The average molecular weight is 454 g/mol. The number of nitrogens with zero attached hydrogens (tertiary/aromatic N) is 2. The highest BCUT2D eigenvalue weighted by atomic mass is 32.1. The fourth-order valence-electron chi connectivity index (χ4n) is 3.74. The first-order valence-corrected chi connectivity index (χ1v) is 12.3. The third-order valence-corrected chi connectivity index (χ3v) is 7.09. The molecule has 1 aliphatic heterocycles. The lowest BCUT2D eigenvalue weighted by atomic mass is 10.2. The number of aryl methyl sites for hydroxylation is 1. The van der Waals surface area contributed by atoms with E-state index in [1.165, 1.54) is 17.7 Å². The Hall–Kier alpha value is -2.48. The van der Waals surface area contributed by atoms with Gasteiger partial charge in [-0.15, -0.1) is 22.7 Å². The molecule has 0 aliphatic carbocycles. The summed E-state index contributed by atoms with van der Waals surface area (Å²) in [6, 6.07) is 12.2. The number of aromatic nitrogens is 1. The average Bonchev–Trinajstić information content (AvgIpc) is 3.55. The Morgan fingerprint density at radius 3 is 2.81 bits per heavy atom. The fraction of sp³-hybridized carbons (Fsp3) is 0.333. The summed E-state index contributed by atoms with van der Waals surface area (Å²) in [6.45, 7) is 5.20. The number of hydrogen-bond acceptors (Lipinski definition) is 6. The van der Waals surface area contributed by atoms with Crippen molar-refractivity contribution < 1.29 is 9.53 Å². The van der Waals surface area contributed by atoms with Crippen molar-refractivity contribution in [2.75, 3.05) is 19.6 Å². The molecule has 0 radical (unpaired) electrons. The Bertz CT molecular complexity index is 1010. The number of carbonyl (C=O) groups is 1. The molecule has 0 bridgehead atoms. The molecule has 7 heteroatoms. The normalized spacial score (nSPS) is 15.4. The van der Waals surface area contributed by atoms with Crippen LogP contribution in [-0.4, -0.2) is 35.4 Å². The van der Waals surface area contributed by atoms with E-state index in [-0.39, 0.29) is 11.9 Å². The van der Waals surface area contributed by atoms with Gasteiger partial charge < -0.3 is 10.1 Å². The van der Waals surface area contributed by atoms with Gasteiger partial charge in [0.25, 0.3) is 0 Å². The van der Waals surface area contributed by atoms with Crippen molar-refractivity contribution in [2.24, 2.45) is 0 Å². The second kappa shape index (κ2) is 10.7. The zero-order valence-electron chi connectivity index (χ0n) is 17.6. The van der Waals surface area contributed by atoms with Crippen molar-refractivity contribution in [3.05, 3.63) is 74.4 Å². The molecule has 162 valence electrons. The van der Waals surface area contributed by atoms with Crippen LogP contribution >= 0.6 is 22.7 Å². The molecular formula is C24H27N3O2S2. The van der Waals surface area contributed by atoms with Gasteiger partial charge in [0, 0.05) is 28.4 Å². The first-order chi connectivity index (χ1) is 15.2. The van der Waals surface area contributed by atoms with Crippen molar-refractivity contribution in [3.8, 4) is 5.75 Å². The molecular weight excluding hydrogens is 426 g/mol. The van der Waals surface area contributed by atoms with Crippen LogP contribution in [0.1, 0.15) is 40.0 Å². The van der Waals surface area contributed by atoms with E-state index < -0.39 is 0 Å². The molecule has 3 heterocycles. The van der Waals surface area contributed by atoms with E-state index in [2.05, 4.69) is 32.7 Å². The molecule has 1 fully saturated rings. The maximum Gasteiger partial charge on any atom is 0.244 e. The Morgan fingerprint density at radius 2 is 2.06 bits per heavy atom. The van der Waals surface area contributed by atoms with Gasteiger partial charge in [-0.1, -0.05) is 24.3 Å². The van der Waals surface area contributed by atoms with Crippen LogP contribution in [0, 0.1) is 6.92 Å². The highest BCUT2D eigenvalue weighted by Crippen LogP contribution is 2.28. The minimum atomic E-state index is -0.0920. The van der Waals surface area contributed by atoms with Gasteiger partial charge in [0.05, 0.1) is 16.7 Å². The predicted molar refractivity (Wildman–Crippen MR) is 128 cm³/mol. The van der Waals surface area contributed by atoms with E-state index >= 15 is 0 Å². The minimum absolute atomic E-state index is 0.0920. The molecule has 1 saturated heterocycles. The Labute approximate surface area is 191 Å². The Balaban J connectivity index is 1.35. The Kier molecular flexibility index (Phi) is 7.51. The number of benzene rings is 1. The number of para-hydroxylation sites is 1. The SMILES string of the molecule is Cc1nc(COc2ccccc2/C=C/C(=O)NCC(c2cccs2)N2CCCC2)cs1. The van der Waals surface area contributed by atoms with E-state index in [1.54, 1.807) is 28.7 Å². The number of amides is 1. The van der Waals surface area contributed by atoms with Gasteiger partial charge in [0.15, 0.2) is 0 Å². The number of thiazole rings is 1. The molecule has 1 N–H and O–H groups in total. The molecule has 0 spiro atoms. The molecule has 1 unspecified atom stereocenters. The van der Waals surface area contributed by atoms with Crippen molar-refractivity contribution >= 4 is 34.7 Å². The Morgan fingerprint density at radius 1 is 1.23 bits per heavy atom.